The van der Waals surface area contributed by atoms with Crippen LogP contribution in [-0.2, 0) is 4.79 Å². The van der Waals surface area contributed by atoms with E-state index in [1.165, 1.54) is 0 Å². The first kappa shape index (κ1) is 19.0. The summed E-state index contributed by atoms with van der Waals surface area (Å²) in [6.45, 7) is 7.40. The Morgan fingerprint density at radius 1 is 1.14 bits per heavy atom. The molecule has 88 valence electrons. The number of aliphatic carboxylic acids is 1. The first-order valence-corrected chi connectivity index (χ1v) is 4.64. The Bertz CT molecular complexity index is 127. The van der Waals surface area contributed by atoms with Crippen molar-refractivity contribution in [1.29, 1.82) is 0 Å². The van der Waals surface area contributed by atoms with Crippen molar-refractivity contribution in [1.82, 2.24) is 17.2 Å². The molecule has 0 spiro atoms. The quantitative estimate of drug-likeness (QED) is 0.552. The molecule has 0 aromatic rings. The number of rotatable bonds is 7. The average molecular weight is 207 g/mol. The van der Waals surface area contributed by atoms with Gasteiger partial charge in [-0.1, -0.05) is 13.8 Å². The highest BCUT2D eigenvalue weighted by Crippen LogP contribution is 1.98. The van der Waals surface area contributed by atoms with Crippen molar-refractivity contribution in [2.45, 2.75) is 33.1 Å². The smallest absolute Gasteiger partial charge is 0.303 e. The van der Waals surface area contributed by atoms with Crippen molar-refractivity contribution in [3.05, 3.63) is 0 Å². The summed E-state index contributed by atoms with van der Waals surface area (Å²) in [5, 5.41) is 8.38. The van der Waals surface area contributed by atoms with E-state index >= 15 is 0 Å². The first-order valence-electron chi connectivity index (χ1n) is 4.64. The fraction of sp³-hybridized carbons (Fsp3) is 0.889. The van der Waals surface area contributed by atoms with Crippen LogP contribution >= 0.6 is 0 Å². The van der Waals surface area contributed by atoms with E-state index in [4.69, 9.17) is 5.11 Å². The van der Waals surface area contributed by atoms with Crippen LogP contribution in [-0.4, -0.2) is 35.6 Å². The maximum absolute atomic E-state index is 10.2. The van der Waals surface area contributed by atoms with E-state index in [0.29, 0.717) is 6.42 Å². The molecular weight excluding hydrogens is 182 g/mol. The summed E-state index contributed by atoms with van der Waals surface area (Å²) in [6, 6.07) is 0. The summed E-state index contributed by atoms with van der Waals surface area (Å²) < 4.78 is 0. The molecule has 0 amide bonds. The van der Waals surface area contributed by atoms with Gasteiger partial charge < -0.3 is 22.3 Å². The monoisotopic (exact) mass is 207 g/mol. The van der Waals surface area contributed by atoms with Crippen LogP contribution in [0.2, 0.25) is 0 Å². The molecule has 0 aliphatic heterocycles. The largest absolute Gasteiger partial charge is 0.481 e. The summed E-state index contributed by atoms with van der Waals surface area (Å²) in [4.78, 5) is 12.5. The van der Waals surface area contributed by atoms with Gasteiger partial charge in [-0.25, -0.2) is 0 Å². The number of carbonyl (C=O) groups is 1. The number of nitrogens with zero attached hydrogens (tertiary/aromatic N) is 1. The highest BCUT2D eigenvalue weighted by molar-refractivity contribution is 5.66. The molecule has 0 rings (SSSR count). The lowest BCUT2D eigenvalue weighted by Crippen LogP contribution is -2.23. The second-order valence-corrected chi connectivity index (χ2v) is 2.88. The van der Waals surface area contributed by atoms with Crippen LogP contribution in [0.5, 0.6) is 0 Å². The van der Waals surface area contributed by atoms with Crippen molar-refractivity contribution in [3.8, 4) is 0 Å². The molecule has 0 aromatic heterocycles. The zero-order valence-electron chi connectivity index (χ0n) is 9.46. The summed E-state index contributed by atoms with van der Waals surface area (Å²) in [5.74, 6) is -0.686. The van der Waals surface area contributed by atoms with E-state index in [0.717, 1.165) is 32.5 Å². The third kappa shape index (κ3) is 11.4. The van der Waals surface area contributed by atoms with E-state index in [9.17, 15) is 4.79 Å². The Morgan fingerprint density at radius 2 is 1.64 bits per heavy atom. The summed E-state index contributed by atoms with van der Waals surface area (Å²) in [5.41, 5.74) is 0. The van der Waals surface area contributed by atoms with Crippen LogP contribution in [0.3, 0.4) is 0 Å². The number of hydrogen-bond donors (Lipinski definition) is 3. The van der Waals surface area contributed by atoms with E-state index < -0.39 is 5.97 Å². The average Bonchev–Trinajstić information content (AvgIpc) is 2.04. The minimum Gasteiger partial charge on any atom is -0.481 e. The summed E-state index contributed by atoms with van der Waals surface area (Å²) >= 11 is 0. The third-order valence-corrected chi connectivity index (χ3v) is 2.01. The van der Waals surface area contributed by atoms with E-state index in [1.54, 1.807) is 0 Å². The van der Waals surface area contributed by atoms with Crippen LogP contribution in [0.25, 0.3) is 0 Å². The number of carboxylic acids is 1. The van der Waals surface area contributed by atoms with Gasteiger partial charge in [0.1, 0.15) is 0 Å². The second-order valence-electron chi connectivity index (χ2n) is 2.88. The molecule has 0 saturated carbocycles. The molecule has 5 heteroatoms. The third-order valence-electron chi connectivity index (χ3n) is 2.01. The van der Waals surface area contributed by atoms with Crippen molar-refractivity contribution in [3.63, 3.8) is 0 Å². The maximum Gasteiger partial charge on any atom is 0.303 e. The Balaban J connectivity index is -0.000000605. The highest BCUT2D eigenvalue weighted by atomic mass is 16.4. The Kier molecular flexibility index (Phi) is 16.8. The zero-order chi connectivity index (χ0) is 9.40. The molecule has 0 bridgehead atoms. The lowest BCUT2D eigenvalue weighted by molar-refractivity contribution is -0.137. The normalized spacial score (nSPS) is 9.07. The molecule has 0 radical (unpaired) electrons. The van der Waals surface area contributed by atoms with Gasteiger partial charge in [0.25, 0.3) is 0 Å². The molecule has 0 fully saturated rings. The van der Waals surface area contributed by atoms with Gasteiger partial charge in [0, 0.05) is 6.42 Å². The number of unbranched alkanes of at least 4 members (excludes halogenated alkanes) is 1. The first-order chi connectivity index (χ1) is 5.70. The molecule has 0 heterocycles. The van der Waals surface area contributed by atoms with Crippen LogP contribution in [0.15, 0.2) is 0 Å². The topological polar surface area (TPSA) is 111 Å². The minimum absolute atomic E-state index is 0. The molecule has 5 nitrogen and oxygen atoms in total. The minimum atomic E-state index is -0.686. The Morgan fingerprint density at radius 3 is 2.00 bits per heavy atom. The Labute approximate surface area is 86.6 Å². The number of carboxylic acid groups (broad SMARTS) is 1. The van der Waals surface area contributed by atoms with Gasteiger partial charge in [0.15, 0.2) is 0 Å². The van der Waals surface area contributed by atoms with Crippen LogP contribution in [0.4, 0.5) is 0 Å². The molecule has 0 aliphatic rings. The fourth-order valence-corrected chi connectivity index (χ4v) is 1.15. The number of hydrogen-bond acceptors (Lipinski definition) is 4. The van der Waals surface area contributed by atoms with Crippen LogP contribution in [0.1, 0.15) is 33.1 Å². The predicted octanol–water partition coefficient (Wildman–Crippen LogP) is 1.91. The van der Waals surface area contributed by atoms with Crippen molar-refractivity contribution >= 4 is 5.97 Å². The fourth-order valence-electron chi connectivity index (χ4n) is 1.15. The van der Waals surface area contributed by atoms with Crippen LogP contribution in [0, 0.1) is 0 Å². The van der Waals surface area contributed by atoms with E-state index in [1.807, 2.05) is 0 Å². The van der Waals surface area contributed by atoms with Crippen molar-refractivity contribution < 1.29 is 9.90 Å². The molecule has 7 N–H and O–H groups in total. The van der Waals surface area contributed by atoms with Gasteiger partial charge >= 0.3 is 5.97 Å². The molecule has 0 saturated heterocycles. The van der Waals surface area contributed by atoms with E-state index in [2.05, 4.69) is 18.7 Å². The Hall–Kier alpha value is -0.650. The molecule has 0 unspecified atom stereocenters. The van der Waals surface area contributed by atoms with Crippen molar-refractivity contribution in [2.24, 2.45) is 0 Å². The van der Waals surface area contributed by atoms with Gasteiger partial charge in [-0.3, -0.25) is 4.79 Å². The van der Waals surface area contributed by atoms with Crippen LogP contribution < -0.4 is 12.3 Å². The summed E-state index contributed by atoms with van der Waals surface area (Å²) in [6.07, 6.45) is 2.10. The maximum atomic E-state index is 10.2. The molecule has 0 aliphatic carbocycles. The van der Waals surface area contributed by atoms with Gasteiger partial charge in [0.2, 0.25) is 0 Å². The predicted molar refractivity (Wildman–Crippen MR) is 59.3 cm³/mol. The van der Waals surface area contributed by atoms with Gasteiger partial charge in [-0.05, 0) is 32.5 Å². The zero-order valence-corrected chi connectivity index (χ0v) is 9.46. The van der Waals surface area contributed by atoms with Crippen molar-refractivity contribution in [2.75, 3.05) is 19.6 Å². The molecule has 0 atom stereocenters. The lowest BCUT2D eigenvalue weighted by Gasteiger charge is -2.16. The standard InChI is InChI=1S/C9H19NO2.2H3N/c1-3-10(4-2)8-6-5-7-9(11)12;;/h3-8H2,1-2H3,(H,11,12);2*1H3. The lowest BCUT2D eigenvalue weighted by atomic mass is 10.2. The SMILES string of the molecule is CCN(CC)CCCCC(=O)O.N.N. The summed E-state index contributed by atoms with van der Waals surface area (Å²) in [7, 11) is 0. The van der Waals surface area contributed by atoms with Gasteiger partial charge in [-0.15, -0.1) is 0 Å². The van der Waals surface area contributed by atoms with E-state index in [-0.39, 0.29) is 12.3 Å². The second kappa shape index (κ2) is 12.3. The molecule has 14 heavy (non-hydrogen) atoms. The molecular formula is C9H25N3O2. The highest BCUT2D eigenvalue weighted by Gasteiger charge is 2.00. The van der Waals surface area contributed by atoms with Gasteiger partial charge in [-0.2, -0.15) is 0 Å². The van der Waals surface area contributed by atoms with Gasteiger partial charge in [0.05, 0.1) is 0 Å². The molecule has 0 aromatic carbocycles.